The van der Waals surface area contributed by atoms with E-state index in [0.29, 0.717) is 17.5 Å². The van der Waals surface area contributed by atoms with E-state index < -0.39 is 0 Å². The van der Waals surface area contributed by atoms with Gasteiger partial charge in [-0.3, -0.25) is 4.57 Å². The fraction of sp³-hybridized carbons (Fsp3) is 0.268. The Morgan fingerprint density at radius 1 is 0.797 bits per heavy atom. The quantitative estimate of drug-likeness (QED) is 0.196. The highest BCUT2D eigenvalue weighted by Gasteiger charge is 2.47. The van der Waals surface area contributed by atoms with Crippen molar-refractivity contribution in [3.63, 3.8) is 0 Å². The van der Waals surface area contributed by atoms with Gasteiger partial charge in [0.25, 0.3) is 0 Å². The number of aromatic nitrogens is 4. The molecule has 1 N–H and O–H groups in total. The lowest BCUT2D eigenvalue weighted by molar-refractivity contribution is 0.331. The van der Waals surface area contributed by atoms with E-state index in [1.54, 1.807) is 0 Å². The summed E-state index contributed by atoms with van der Waals surface area (Å²) in [7, 11) is 0. The number of anilines is 2. The van der Waals surface area contributed by atoms with Gasteiger partial charge in [-0.25, -0.2) is 20.0 Å². The van der Waals surface area contributed by atoms with Gasteiger partial charge in [0.1, 0.15) is 11.9 Å². The molecule has 0 radical (unpaired) electrons. The second-order valence-electron chi connectivity index (χ2n) is 19.3. The van der Waals surface area contributed by atoms with Crippen LogP contribution < -0.4 is 10.2 Å². The molecule has 0 saturated heterocycles. The lowest BCUT2D eigenvalue weighted by atomic mass is 9.65. The maximum atomic E-state index is 5.73. The summed E-state index contributed by atoms with van der Waals surface area (Å²) in [6.45, 7) is 7.18. The van der Waals surface area contributed by atoms with Crippen LogP contribution in [0.15, 0.2) is 178 Å². The van der Waals surface area contributed by atoms with Crippen LogP contribution in [0, 0.1) is 17.3 Å². The fourth-order valence-corrected chi connectivity index (χ4v) is 12.2. The zero-order valence-electron chi connectivity index (χ0n) is 36.5. The third-order valence-electron chi connectivity index (χ3n) is 15.4. The van der Waals surface area contributed by atoms with Crippen LogP contribution in [-0.2, 0) is 5.41 Å². The van der Waals surface area contributed by atoms with Crippen molar-refractivity contribution in [1.29, 1.82) is 0 Å². The number of fused-ring (bicyclic) bond motifs is 8. The zero-order chi connectivity index (χ0) is 42.7. The standard InChI is InChI=1S/C56H50N8/c1-55(2)43-25-7-9-27-46(43)64(54-60-50(40-23-15-31-58-52(40)62-54)38-21-13-29-56(3)28-11-10-24-42(38)56)48-33-47-41(32-44(48)55)36-19-6-8-26-45(36)63(47)53-59-49(39-22-14-30-57-51(39)61-53)37-20-12-17-34-16-4-5-18-35(34)37/h4-12,15-16,18-20,23-28,30-34,43,46,49H,13-14,17,21-22,29H2,1-3H3,(H,59,61). The Hall–Kier alpha value is -6.93. The summed E-state index contributed by atoms with van der Waals surface area (Å²) in [6, 6.07) is 17.6. The Morgan fingerprint density at radius 2 is 1.67 bits per heavy atom. The summed E-state index contributed by atoms with van der Waals surface area (Å²) in [6.07, 6.45) is 41.7. The predicted octanol–water partition coefficient (Wildman–Crippen LogP) is 12.0. The number of aliphatic imine (C=N–C) groups is 2. The molecule has 0 bridgehead atoms. The molecule has 8 aliphatic rings. The van der Waals surface area contributed by atoms with Gasteiger partial charge >= 0.3 is 0 Å². The maximum absolute atomic E-state index is 5.73. The number of hydrogen-bond acceptors (Lipinski definition) is 7. The molecule has 8 heteroatoms. The Kier molecular flexibility index (Phi) is 8.25. The van der Waals surface area contributed by atoms with Gasteiger partial charge in [-0.15, -0.1) is 0 Å². The largest absolute Gasteiger partial charge is 0.310 e. The molecule has 314 valence electrons. The molecule has 0 fully saturated rings. The molecule has 3 aliphatic heterocycles. The number of para-hydroxylation sites is 1. The molecule has 0 saturated carbocycles. The first kappa shape index (κ1) is 37.6. The van der Waals surface area contributed by atoms with Gasteiger partial charge in [-0.2, -0.15) is 4.98 Å². The van der Waals surface area contributed by atoms with Gasteiger partial charge in [-0.05, 0) is 96.7 Å². The van der Waals surface area contributed by atoms with Gasteiger partial charge in [0.2, 0.25) is 11.9 Å². The summed E-state index contributed by atoms with van der Waals surface area (Å²) < 4.78 is 2.35. The van der Waals surface area contributed by atoms with Crippen molar-refractivity contribution in [1.82, 2.24) is 24.8 Å². The molecule has 8 nitrogen and oxygen atoms in total. The van der Waals surface area contributed by atoms with Crippen molar-refractivity contribution in [3.8, 4) is 0 Å². The minimum absolute atomic E-state index is 0.0283. The van der Waals surface area contributed by atoms with Crippen molar-refractivity contribution in [2.45, 2.75) is 76.8 Å². The van der Waals surface area contributed by atoms with Crippen molar-refractivity contribution >= 4 is 62.2 Å². The normalized spacial score (nSPS) is 27.2. The van der Waals surface area contributed by atoms with Gasteiger partial charge in [-0.1, -0.05) is 124 Å². The molecule has 0 amide bonds. The molecule has 13 rings (SSSR count). The van der Waals surface area contributed by atoms with Crippen LogP contribution in [0.2, 0.25) is 0 Å². The van der Waals surface area contributed by atoms with Crippen LogP contribution in [-0.4, -0.2) is 43.8 Å². The zero-order valence-corrected chi connectivity index (χ0v) is 36.5. The summed E-state index contributed by atoms with van der Waals surface area (Å²) in [5, 5.41) is 7.17. The van der Waals surface area contributed by atoms with E-state index in [1.807, 2.05) is 12.3 Å². The smallest absolute Gasteiger partial charge is 0.233 e. The van der Waals surface area contributed by atoms with E-state index in [9.17, 15) is 0 Å². The minimum atomic E-state index is -0.218. The second-order valence-corrected chi connectivity index (χ2v) is 19.3. The van der Waals surface area contributed by atoms with Gasteiger partial charge in [0.15, 0.2) is 5.65 Å². The van der Waals surface area contributed by atoms with Crippen LogP contribution in [0.4, 0.5) is 11.6 Å². The van der Waals surface area contributed by atoms with E-state index in [2.05, 4.69) is 169 Å². The molecule has 6 heterocycles. The Labute approximate surface area is 373 Å². The van der Waals surface area contributed by atoms with Crippen molar-refractivity contribution in [2.75, 3.05) is 4.90 Å². The third kappa shape index (κ3) is 5.50. The molecule has 5 aromatic rings. The molecular weight excluding hydrogens is 785 g/mol. The lowest BCUT2D eigenvalue weighted by Gasteiger charge is -2.50. The number of rotatable bonds is 3. The first-order valence-corrected chi connectivity index (χ1v) is 23.2. The Balaban J connectivity index is 1.06. The molecule has 2 aromatic carbocycles. The lowest BCUT2D eigenvalue weighted by Crippen LogP contribution is -2.50. The van der Waals surface area contributed by atoms with Gasteiger partial charge in [0.05, 0.1) is 28.5 Å². The number of pyridine rings is 1. The molecule has 0 spiro atoms. The SMILES string of the molecule is CC12C=CC=CC1=C(c1nc(N3c4cc5c(cc4C(C)(C)C4C=CC=CC43)c3ccccc3n5C3=NC(C4=C5C=CC=CC5CC=C4)C4=C(N=CCC4)N3)nc3ncccc13)CCC2. The number of nitrogens with zero attached hydrogens (tertiary/aromatic N) is 7. The third-order valence-corrected chi connectivity index (χ3v) is 15.4. The highest BCUT2D eigenvalue weighted by Crippen LogP contribution is 2.53. The van der Waals surface area contributed by atoms with Crippen molar-refractivity contribution in [3.05, 3.63) is 179 Å². The van der Waals surface area contributed by atoms with Crippen LogP contribution in [0.25, 0.3) is 38.4 Å². The Morgan fingerprint density at radius 3 is 2.62 bits per heavy atom. The molecule has 5 aliphatic carbocycles. The van der Waals surface area contributed by atoms with Crippen LogP contribution in [0.3, 0.4) is 0 Å². The van der Waals surface area contributed by atoms with E-state index in [4.69, 9.17) is 24.9 Å². The van der Waals surface area contributed by atoms with Crippen molar-refractivity contribution in [2.24, 2.45) is 27.2 Å². The average molecular weight is 835 g/mol. The fourth-order valence-electron chi connectivity index (χ4n) is 12.2. The van der Waals surface area contributed by atoms with Gasteiger partial charge < -0.3 is 10.2 Å². The van der Waals surface area contributed by atoms with Crippen LogP contribution in [0.5, 0.6) is 0 Å². The summed E-state index contributed by atoms with van der Waals surface area (Å²) in [5.41, 5.74) is 12.5. The average Bonchev–Trinajstić information content (AvgIpc) is 3.66. The molecule has 5 unspecified atom stereocenters. The monoisotopic (exact) mass is 834 g/mol. The minimum Gasteiger partial charge on any atom is -0.310 e. The second kappa shape index (κ2) is 14.0. The molecule has 3 aromatic heterocycles. The first-order chi connectivity index (χ1) is 31.4. The maximum Gasteiger partial charge on any atom is 0.233 e. The van der Waals surface area contributed by atoms with Crippen LogP contribution in [0.1, 0.15) is 70.6 Å². The number of hydrogen-bond donors (Lipinski definition) is 1. The van der Waals surface area contributed by atoms with Crippen molar-refractivity contribution < 1.29 is 0 Å². The van der Waals surface area contributed by atoms with E-state index >= 15 is 0 Å². The summed E-state index contributed by atoms with van der Waals surface area (Å²) in [4.78, 5) is 29.2. The summed E-state index contributed by atoms with van der Waals surface area (Å²) >= 11 is 0. The number of nitrogens with one attached hydrogen (secondary N) is 1. The molecule has 64 heavy (non-hydrogen) atoms. The van der Waals surface area contributed by atoms with E-state index in [-0.39, 0.29) is 28.8 Å². The molecule has 5 atom stereocenters. The predicted molar refractivity (Wildman–Crippen MR) is 262 cm³/mol. The van der Waals surface area contributed by atoms with E-state index in [1.165, 1.54) is 44.2 Å². The first-order valence-electron chi connectivity index (χ1n) is 23.2. The topological polar surface area (TPSA) is 83.6 Å². The number of benzene rings is 2. The van der Waals surface area contributed by atoms with E-state index in [0.717, 1.165) is 78.1 Å². The summed E-state index contributed by atoms with van der Waals surface area (Å²) in [5.74, 6) is 2.89. The van der Waals surface area contributed by atoms with Crippen LogP contribution >= 0.6 is 0 Å². The molecular formula is C56H50N8. The Bertz CT molecular complexity index is 3280. The highest BCUT2D eigenvalue weighted by atomic mass is 15.3. The number of allylic oxidation sites excluding steroid dienone is 14. The van der Waals surface area contributed by atoms with Gasteiger partial charge in [0, 0.05) is 56.8 Å². The highest BCUT2D eigenvalue weighted by molar-refractivity contribution is 6.15.